The number of hydrogen-bond acceptors (Lipinski definition) is 2. The van der Waals surface area contributed by atoms with Crippen LogP contribution in [0, 0.1) is 0 Å². The van der Waals surface area contributed by atoms with Crippen molar-refractivity contribution < 1.29 is 9.59 Å². The molecule has 0 aliphatic carbocycles. The number of nitrogens with zero attached hydrogens (tertiary/aromatic N) is 1. The number of carbonyl (C=O) groups excluding carboxylic acids is 2. The van der Waals surface area contributed by atoms with E-state index in [0.29, 0.717) is 6.54 Å². The molecule has 0 saturated carbocycles. The van der Waals surface area contributed by atoms with Crippen LogP contribution in [0.1, 0.15) is 19.4 Å². The van der Waals surface area contributed by atoms with Gasteiger partial charge in [-0.15, -0.1) is 0 Å². The second-order valence-electron chi connectivity index (χ2n) is 4.72. The second kappa shape index (κ2) is 7.41. The molecule has 0 saturated heterocycles. The molecule has 0 aliphatic heterocycles. The first-order valence-corrected chi connectivity index (χ1v) is 6.31. The molecule has 0 bridgehead atoms. The monoisotopic (exact) mass is 263 g/mol. The molecule has 5 nitrogen and oxygen atoms in total. The maximum Gasteiger partial charge on any atom is 0.317 e. The maximum absolute atomic E-state index is 11.8. The molecule has 5 heteroatoms. The van der Waals surface area contributed by atoms with Crippen LogP contribution in [0.4, 0.5) is 4.79 Å². The third-order valence-electron chi connectivity index (χ3n) is 2.46. The predicted octanol–water partition coefficient (Wildman–Crippen LogP) is 1.35. The molecule has 0 spiro atoms. The summed E-state index contributed by atoms with van der Waals surface area (Å²) in [5.41, 5.74) is 1.02. The normalized spacial score (nSPS) is 10.1. The van der Waals surface area contributed by atoms with Crippen LogP contribution in [0.5, 0.6) is 0 Å². The molecule has 3 amide bonds. The van der Waals surface area contributed by atoms with Gasteiger partial charge in [0.25, 0.3) is 0 Å². The smallest absolute Gasteiger partial charge is 0.317 e. The molecule has 0 heterocycles. The number of rotatable bonds is 5. The maximum atomic E-state index is 11.8. The van der Waals surface area contributed by atoms with Gasteiger partial charge in [0.05, 0.1) is 0 Å². The zero-order valence-electron chi connectivity index (χ0n) is 11.6. The topological polar surface area (TPSA) is 61.4 Å². The quantitative estimate of drug-likeness (QED) is 0.842. The Kier molecular flexibility index (Phi) is 5.85. The second-order valence-corrected chi connectivity index (χ2v) is 4.72. The number of carbonyl (C=O) groups is 2. The molecule has 1 aromatic rings. The average Bonchev–Trinajstić information content (AvgIpc) is 2.36. The van der Waals surface area contributed by atoms with Crippen molar-refractivity contribution in [3.8, 4) is 0 Å². The highest BCUT2D eigenvalue weighted by Gasteiger charge is 2.12. The molecule has 0 atom stereocenters. The van der Waals surface area contributed by atoms with E-state index in [4.69, 9.17) is 0 Å². The fraction of sp³-hybridized carbons (Fsp3) is 0.429. The Morgan fingerprint density at radius 2 is 1.84 bits per heavy atom. The van der Waals surface area contributed by atoms with Gasteiger partial charge in [0.2, 0.25) is 5.91 Å². The summed E-state index contributed by atoms with van der Waals surface area (Å²) >= 11 is 0. The van der Waals surface area contributed by atoms with Gasteiger partial charge >= 0.3 is 6.03 Å². The van der Waals surface area contributed by atoms with Gasteiger partial charge < -0.3 is 15.5 Å². The minimum atomic E-state index is -0.261. The third-order valence-corrected chi connectivity index (χ3v) is 2.46. The summed E-state index contributed by atoms with van der Waals surface area (Å²) in [6, 6.07) is 9.45. The summed E-state index contributed by atoms with van der Waals surface area (Å²) in [5, 5.41) is 5.51. The Morgan fingerprint density at radius 1 is 1.21 bits per heavy atom. The first-order valence-electron chi connectivity index (χ1n) is 6.31. The van der Waals surface area contributed by atoms with Crippen molar-refractivity contribution in [2.24, 2.45) is 0 Å². The van der Waals surface area contributed by atoms with E-state index in [2.05, 4.69) is 10.6 Å². The van der Waals surface area contributed by atoms with Crippen molar-refractivity contribution in [1.29, 1.82) is 0 Å². The van der Waals surface area contributed by atoms with Crippen molar-refractivity contribution in [2.75, 3.05) is 13.6 Å². The Balaban J connectivity index is 2.35. The van der Waals surface area contributed by atoms with E-state index in [1.54, 1.807) is 7.05 Å². The molecular weight excluding hydrogens is 242 g/mol. The van der Waals surface area contributed by atoms with Gasteiger partial charge in [-0.2, -0.15) is 0 Å². The van der Waals surface area contributed by atoms with Crippen molar-refractivity contribution >= 4 is 11.9 Å². The highest BCUT2D eigenvalue weighted by molar-refractivity contribution is 5.83. The number of hydrogen-bond donors (Lipinski definition) is 2. The van der Waals surface area contributed by atoms with Crippen LogP contribution < -0.4 is 10.6 Å². The highest BCUT2D eigenvalue weighted by Crippen LogP contribution is 1.97. The lowest BCUT2D eigenvalue weighted by molar-refractivity contribution is -0.121. The summed E-state index contributed by atoms with van der Waals surface area (Å²) in [4.78, 5) is 24.6. The van der Waals surface area contributed by atoms with Crippen LogP contribution in [-0.4, -0.2) is 36.5 Å². The molecule has 104 valence electrons. The number of urea groups is 1. The Morgan fingerprint density at radius 3 is 2.42 bits per heavy atom. The third kappa shape index (κ3) is 5.90. The van der Waals surface area contributed by atoms with Crippen molar-refractivity contribution in [3.63, 3.8) is 0 Å². The molecule has 19 heavy (non-hydrogen) atoms. The van der Waals surface area contributed by atoms with Gasteiger partial charge in [-0.05, 0) is 19.4 Å². The molecular formula is C14H21N3O2. The molecule has 0 aliphatic rings. The van der Waals surface area contributed by atoms with E-state index in [1.165, 1.54) is 4.90 Å². The van der Waals surface area contributed by atoms with E-state index in [0.717, 1.165) is 5.56 Å². The van der Waals surface area contributed by atoms with Crippen molar-refractivity contribution in [2.45, 2.75) is 26.4 Å². The van der Waals surface area contributed by atoms with Crippen LogP contribution in [0.2, 0.25) is 0 Å². The minimum absolute atomic E-state index is 0.0544. The molecule has 0 aromatic heterocycles. The molecule has 1 aromatic carbocycles. The van der Waals surface area contributed by atoms with E-state index < -0.39 is 0 Å². The van der Waals surface area contributed by atoms with Crippen LogP contribution in [0.25, 0.3) is 0 Å². The van der Waals surface area contributed by atoms with Gasteiger partial charge in [-0.3, -0.25) is 4.79 Å². The van der Waals surface area contributed by atoms with Crippen LogP contribution in [0.15, 0.2) is 30.3 Å². The molecule has 0 radical (unpaired) electrons. The molecule has 0 fully saturated rings. The van der Waals surface area contributed by atoms with Gasteiger partial charge in [0, 0.05) is 19.6 Å². The van der Waals surface area contributed by atoms with Crippen LogP contribution in [-0.2, 0) is 11.3 Å². The fourth-order valence-corrected chi connectivity index (χ4v) is 1.56. The zero-order valence-corrected chi connectivity index (χ0v) is 11.6. The van der Waals surface area contributed by atoms with Crippen LogP contribution in [0.3, 0.4) is 0 Å². The highest BCUT2D eigenvalue weighted by atomic mass is 16.2. The lowest BCUT2D eigenvalue weighted by Gasteiger charge is -2.18. The lowest BCUT2D eigenvalue weighted by Crippen LogP contribution is -2.44. The molecule has 2 N–H and O–H groups in total. The first kappa shape index (κ1) is 15.0. The van der Waals surface area contributed by atoms with E-state index in [-0.39, 0.29) is 24.5 Å². The summed E-state index contributed by atoms with van der Waals surface area (Å²) in [6.07, 6.45) is 0. The largest absolute Gasteiger partial charge is 0.352 e. The summed E-state index contributed by atoms with van der Waals surface area (Å²) in [5.74, 6) is -0.160. The molecule has 1 rings (SSSR count). The fourth-order valence-electron chi connectivity index (χ4n) is 1.56. The van der Waals surface area contributed by atoms with E-state index >= 15 is 0 Å². The standard InChI is InChI=1S/C14H21N3O2/c1-11(2)16-13(18)10-17(3)14(19)15-9-12-7-5-4-6-8-12/h4-8,11H,9-10H2,1-3H3,(H,15,19)(H,16,18). The SMILES string of the molecule is CC(C)NC(=O)CN(C)C(=O)NCc1ccccc1. The Hall–Kier alpha value is -2.04. The van der Waals surface area contributed by atoms with Crippen molar-refractivity contribution in [3.05, 3.63) is 35.9 Å². The van der Waals surface area contributed by atoms with E-state index in [9.17, 15) is 9.59 Å². The van der Waals surface area contributed by atoms with Gasteiger partial charge in [0.1, 0.15) is 6.54 Å². The van der Waals surface area contributed by atoms with Crippen molar-refractivity contribution in [1.82, 2.24) is 15.5 Å². The Labute approximate surface area is 114 Å². The summed E-state index contributed by atoms with van der Waals surface area (Å²) < 4.78 is 0. The summed E-state index contributed by atoms with van der Waals surface area (Å²) in [7, 11) is 1.60. The average molecular weight is 263 g/mol. The van der Waals surface area contributed by atoms with Gasteiger partial charge in [-0.25, -0.2) is 4.79 Å². The number of likely N-dealkylation sites (N-methyl/N-ethyl adjacent to an activating group) is 1. The molecule has 0 unspecified atom stereocenters. The lowest BCUT2D eigenvalue weighted by atomic mass is 10.2. The first-order chi connectivity index (χ1) is 8.99. The number of nitrogens with one attached hydrogen (secondary N) is 2. The van der Waals surface area contributed by atoms with Gasteiger partial charge in [0.15, 0.2) is 0 Å². The number of benzene rings is 1. The zero-order chi connectivity index (χ0) is 14.3. The minimum Gasteiger partial charge on any atom is -0.352 e. The van der Waals surface area contributed by atoms with Crippen LogP contribution >= 0.6 is 0 Å². The summed E-state index contributed by atoms with van der Waals surface area (Å²) in [6.45, 7) is 4.27. The van der Waals surface area contributed by atoms with Gasteiger partial charge in [-0.1, -0.05) is 30.3 Å². The number of amides is 3. The predicted molar refractivity (Wildman–Crippen MR) is 74.6 cm³/mol. The van der Waals surface area contributed by atoms with E-state index in [1.807, 2.05) is 44.2 Å². The Bertz CT molecular complexity index is 418.